The van der Waals surface area contributed by atoms with Crippen molar-refractivity contribution in [3.8, 4) is 11.4 Å². The molecule has 0 radical (unpaired) electrons. The van der Waals surface area contributed by atoms with Gasteiger partial charge < -0.3 is 9.72 Å². The Morgan fingerprint density at radius 2 is 2.21 bits per heavy atom. The van der Waals surface area contributed by atoms with Crippen LogP contribution < -0.4 is 0 Å². The van der Waals surface area contributed by atoms with Gasteiger partial charge in [0.1, 0.15) is 16.3 Å². The fourth-order valence-electron chi connectivity index (χ4n) is 1.77. The third-order valence-corrected chi connectivity index (χ3v) is 4.08. The Bertz CT molecular complexity index is 672. The van der Waals surface area contributed by atoms with Gasteiger partial charge in [0, 0.05) is 12.7 Å². The van der Waals surface area contributed by atoms with Crippen LogP contribution in [0.4, 0.5) is 4.39 Å². The molecule has 1 N–H and O–H groups in total. The number of aromatic amines is 1. The molecule has 0 saturated heterocycles. The molecule has 0 fully saturated rings. The summed E-state index contributed by atoms with van der Waals surface area (Å²) in [6.07, 6.45) is 0. The lowest BCUT2D eigenvalue weighted by Gasteiger charge is -2.10. The topological polar surface area (TPSA) is 37.9 Å². The average molecular weight is 343 g/mol. The lowest BCUT2D eigenvalue weighted by molar-refractivity contribution is 0.181. The highest BCUT2D eigenvalue weighted by atomic mass is 79.9. The molecule has 0 amide bonds. The first kappa shape index (κ1) is 14.3. The van der Waals surface area contributed by atoms with Crippen molar-refractivity contribution in [3.05, 3.63) is 44.4 Å². The monoisotopic (exact) mass is 342 g/mol. The van der Waals surface area contributed by atoms with Crippen LogP contribution in [0.25, 0.3) is 11.4 Å². The molecule has 0 spiro atoms. The predicted molar refractivity (Wildman–Crippen MR) is 78.0 cm³/mol. The first-order valence-corrected chi connectivity index (χ1v) is 6.77. The SMILES string of the molecule is COCc1[nH]c(-c2ccc(F)cc2C)nc(=S)c1Br. The highest BCUT2D eigenvalue weighted by Gasteiger charge is 2.10. The molecule has 1 aromatic carbocycles. The Balaban J connectivity index is 2.59. The Hall–Kier alpha value is -1.11. The molecule has 0 saturated carbocycles. The van der Waals surface area contributed by atoms with E-state index in [1.807, 2.05) is 6.92 Å². The van der Waals surface area contributed by atoms with Gasteiger partial charge in [0.15, 0.2) is 0 Å². The molecule has 6 heteroatoms. The van der Waals surface area contributed by atoms with Gasteiger partial charge in [0.25, 0.3) is 0 Å². The maximum Gasteiger partial charge on any atom is 0.144 e. The van der Waals surface area contributed by atoms with Crippen LogP contribution in [0.5, 0.6) is 0 Å². The summed E-state index contributed by atoms with van der Waals surface area (Å²) < 4.78 is 19.4. The second-order valence-electron chi connectivity index (χ2n) is 4.08. The molecule has 0 aliphatic heterocycles. The van der Waals surface area contributed by atoms with Crippen LogP contribution in [0, 0.1) is 17.4 Å². The minimum Gasteiger partial charge on any atom is -0.378 e. The van der Waals surface area contributed by atoms with Gasteiger partial charge >= 0.3 is 0 Å². The molecule has 0 aliphatic carbocycles. The van der Waals surface area contributed by atoms with Crippen molar-refractivity contribution in [1.29, 1.82) is 0 Å². The molecule has 1 heterocycles. The lowest BCUT2D eigenvalue weighted by atomic mass is 10.1. The van der Waals surface area contributed by atoms with E-state index in [0.717, 1.165) is 16.8 Å². The average Bonchev–Trinajstić information content (AvgIpc) is 2.35. The van der Waals surface area contributed by atoms with Crippen LogP contribution in [0.15, 0.2) is 22.7 Å². The maximum atomic E-state index is 13.1. The minimum absolute atomic E-state index is 0.269. The van der Waals surface area contributed by atoms with Gasteiger partial charge in [-0.2, -0.15) is 0 Å². The van der Waals surface area contributed by atoms with Crippen molar-refractivity contribution in [3.63, 3.8) is 0 Å². The molecular formula is C13H12BrFN2OS. The fraction of sp³-hybridized carbons (Fsp3) is 0.231. The first-order chi connectivity index (χ1) is 9.02. The summed E-state index contributed by atoms with van der Waals surface area (Å²) in [5.74, 6) is 0.340. The summed E-state index contributed by atoms with van der Waals surface area (Å²) in [6.45, 7) is 2.22. The Labute approximate surface area is 124 Å². The number of methoxy groups -OCH3 is 1. The molecule has 0 atom stereocenters. The van der Waals surface area contributed by atoms with Crippen LogP contribution >= 0.6 is 28.1 Å². The van der Waals surface area contributed by atoms with Crippen molar-refractivity contribution in [2.45, 2.75) is 13.5 Å². The van der Waals surface area contributed by atoms with E-state index in [4.69, 9.17) is 17.0 Å². The summed E-state index contributed by atoms with van der Waals surface area (Å²) in [5.41, 5.74) is 2.42. The van der Waals surface area contributed by atoms with Gasteiger partial charge in [-0.05, 0) is 46.6 Å². The lowest BCUT2D eigenvalue weighted by Crippen LogP contribution is -2.01. The second-order valence-corrected chi connectivity index (χ2v) is 5.26. The summed E-state index contributed by atoms with van der Waals surface area (Å²) in [6, 6.07) is 4.55. The molecule has 3 nitrogen and oxygen atoms in total. The number of hydrogen-bond acceptors (Lipinski definition) is 3. The third kappa shape index (κ3) is 3.08. The summed E-state index contributed by atoms with van der Waals surface area (Å²) >= 11 is 8.58. The third-order valence-electron chi connectivity index (χ3n) is 2.67. The van der Waals surface area contributed by atoms with Crippen molar-refractivity contribution >= 4 is 28.1 Å². The molecule has 0 unspecified atom stereocenters. The van der Waals surface area contributed by atoms with Gasteiger partial charge in [-0.3, -0.25) is 0 Å². The number of aryl methyl sites for hydroxylation is 1. The van der Waals surface area contributed by atoms with Crippen LogP contribution in [0.1, 0.15) is 11.3 Å². The highest BCUT2D eigenvalue weighted by Crippen LogP contribution is 2.24. The van der Waals surface area contributed by atoms with E-state index in [1.54, 1.807) is 13.2 Å². The highest BCUT2D eigenvalue weighted by molar-refractivity contribution is 9.10. The summed E-state index contributed by atoms with van der Waals surface area (Å²) in [7, 11) is 1.60. The number of H-pyrrole nitrogens is 1. The number of benzene rings is 1. The molecule has 0 aliphatic rings. The van der Waals surface area contributed by atoms with Gasteiger partial charge in [0.05, 0.1) is 16.8 Å². The number of nitrogens with zero attached hydrogens (tertiary/aromatic N) is 1. The van der Waals surface area contributed by atoms with E-state index in [1.165, 1.54) is 12.1 Å². The minimum atomic E-state index is -0.269. The van der Waals surface area contributed by atoms with E-state index in [2.05, 4.69) is 25.9 Å². The quantitative estimate of drug-likeness (QED) is 0.851. The maximum absolute atomic E-state index is 13.1. The smallest absolute Gasteiger partial charge is 0.144 e. The standard InChI is InChI=1S/C13H12BrFN2OS/c1-7-5-8(15)3-4-9(7)12-16-10(6-18-2)11(14)13(19)17-12/h3-5H,6H2,1-2H3,(H,16,17,19). The number of hydrogen-bond donors (Lipinski definition) is 1. The Morgan fingerprint density at radius 3 is 2.84 bits per heavy atom. The fourth-order valence-corrected chi connectivity index (χ4v) is 2.29. The Morgan fingerprint density at radius 1 is 1.47 bits per heavy atom. The molecule has 100 valence electrons. The van der Waals surface area contributed by atoms with Crippen molar-refractivity contribution in [2.24, 2.45) is 0 Å². The van der Waals surface area contributed by atoms with E-state index in [0.29, 0.717) is 21.5 Å². The molecule has 2 aromatic rings. The zero-order valence-electron chi connectivity index (χ0n) is 10.5. The normalized spacial score (nSPS) is 10.7. The van der Waals surface area contributed by atoms with Gasteiger partial charge in [0.2, 0.25) is 0 Å². The van der Waals surface area contributed by atoms with Gasteiger partial charge in [-0.25, -0.2) is 9.37 Å². The molecule has 0 bridgehead atoms. The van der Waals surface area contributed by atoms with Crippen molar-refractivity contribution in [2.75, 3.05) is 7.11 Å². The summed E-state index contributed by atoms with van der Waals surface area (Å²) in [4.78, 5) is 7.47. The number of ether oxygens (including phenoxy) is 1. The van der Waals surface area contributed by atoms with Crippen molar-refractivity contribution < 1.29 is 9.13 Å². The predicted octanol–water partition coefficient (Wildman–Crippen LogP) is 4.16. The van der Waals surface area contributed by atoms with Crippen LogP contribution in [-0.2, 0) is 11.3 Å². The number of rotatable bonds is 3. The van der Waals surface area contributed by atoms with E-state index < -0.39 is 0 Å². The van der Waals surface area contributed by atoms with Crippen LogP contribution in [-0.4, -0.2) is 17.1 Å². The molecule has 1 aromatic heterocycles. The van der Waals surface area contributed by atoms with Crippen LogP contribution in [0.2, 0.25) is 0 Å². The van der Waals surface area contributed by atoms with E-state index in [9.17, 15) is 4.39 Å². The Kier molecular flexibility index (Phi) is 4.44. The first-order valence-electron chi connectivity index (χ1n) is 5.57. The summed E-state index contributed by atoms with van der Waals surface area (Å²) in [5, 5.41) is 0. The van der Waals surface area contributed by atoms with Gasteiger partial charge in [-0.1, -0.05) is 12.2 Å². The number of nitrogens with one attached hydrogen (secondary N) is 1. The van der Waals surface area contributed by atoms with Gasteiger partial charge in [-0.15, -0.1) is 0 Å². The second kappa shape index (κ2) is 5.90. The zero-order chi connectivity index (χ0) is 14.0. The molecular weight excluding hydrogens is 331 g/mol. The largest absolute Gasteiger partial charge is 0.378 e. The van der Waals surface area contributed by atoms with Crippen LogP contribution in [0.3, 0.4) is 0 Å². The molecule has 2 rings (SSSR count). The zero-order valence-corrected chi connectivity index (χ0v) is 12.9. The number of aromatic nitrogens is 2. The van der Waals surface area contributed by atoms with E-state index >= 15 is 0 Å². The molecule has 19 heavy (non-hydrogen) atoms. The van der Waals surface area contributed by atoms with E-state index in [-0.39, 0.29) is 5.82 Å². The van der Waals surface area contributed by atoms with Crippen molar-refractivity contribution in [1.82, 2.24) is 9.97 Å². The number of halogens is 2.